The highest BCUT2D eigenvalue weighted by molar-refractivity contribution is 7.00. The van der Waals surface area contributed by atoms with Crippen LogP contribution >= 0.6 is 11.7 Å². The Morgan fingerprint density at radius 1 is 1.28 bits per heavy atom. The average molecular weight is 365 g/mol. The molecule has 1 aromatic heterocycles. The number of ether oxygens (including phenoxy) is 1. The minimum absolute atomic E-state index is 0.268. The molecule has 1 fully saturated rings. The number of rotatable bonds is 8. The molecule has 2 atom stereocenters. The van der Waals surface area contributed by atoms with E-state index in [4.69, 9.17) is 4.74 Å². The predicted octanol–water partition coefficient (Wildman–Crippen LogP) is 1.70. The monoisotopic (exact) mass is 364 g/mol. The van der Waals surface area contributed by atoms with Crippen LogP contribution in [-0.2, 0) is 11.3 Å². The summed E-state index contributed by atoms with van der Waals surface area (Å²) >= 11 is 1.26. The van der Waals surface area contributed by atoms with Gasteiger partial charge in [-0.05, 0) is 43.0 Å². The first-order valence-corrected chi connectivity index (χ1v) is 9.63. The number of likely N-dealkylation sites (N-methyl/N-ethyl adjacent to an activating group) is 1. The van der Waals surface area contributed by atoms with E-state index in [1.165, 1.54) is 17.3 Å². The summed E-state index contributed by atoms with van der Waals surface area (Å²) in [6.45, 7) is 5.96. The Hall–Kier alpha value is -1.12. The van der Waals surface area contributed by atoms with Crippen LogP contribution in [0.25, 0.3) is 11.0 Å². The fourth-order valence-corrected chi connectivity index (χ4v) is 4.30. The van der Waals surface area contributed by atoms with Crippen LogP contribution in [0, 0.1) is 11.8 Å². The largest absolute Gasteiger partial charge is 0.396 e. The second kappa shape index (κ2) is 9.00. The van der Waals surface area contributed by atoms with Crippen LogP contribution in [0.15, 0.2) is 18.2 Å². The highest BCUT2D eigenvalue weighted by Gasteiger charge is 2.27. The van der Waals surface area contributed by atoms with Gasteiger partial charge in [0.25, 0.3) is 0 Å². The molecule has 7 heteroatoms. The molecular formula is C18H28N4O2S. The lowest BCUT2D eigenvalue weighted by Crippen LogP contribution is -2.45. The van der Waals surface area contributed by atoms with Crippen molar-refractivity contribution in [2.24, 2.45) is 11.8 Å². The molecule has 2 aromatic rings. The van der Waals surface area contributed by atoms with Crippen molar-refractivity contribution >= 4 is 22.8 Å². The van der Waals surface area contributed by atoms with Crippen LogP contribution < -0.4 is 0 Å². The summed E-state index contributed by atoms with van der Waals surface area (Å²) in [7, 11) is 3.89. The zero-order valence-corrected chi connectivity index (χ0v) is 15.9. The Kier molecular flexibility index (Phi) is 6.72. The van der Waals surface area contributed by atoms with Gasteiger partial charge in [0.05, 0.1) is 18.3 Å². The number of benzene rings is 1. The van der Waals surface area contributed by atoms with Crippen molar-refractivity contribution in [3.63, 3.8) is 0 Å². The molecule has 138 valence electrons. The molecule has 1 aliphatic rings. The SMILES string of the molecule is COCCN(C)C[C@@H]1C[C@@H](CO)CN(Cc2ccc3nsnc3c2)C1. The Morgan fingerprint density at radius 2 is 2.08 bits per heavy atom. The number of methoxy groups -OCH3 is 1. The van der Waals surface area contributed by atoms with Gasteiger partial charge in [0.2, 0.25) is 0 Å². The van der Waals surface area contributed by atoms with E-state index in [-0.39, 0.29) is 6.61 Å². The van der Waals surface area contributed by atoms with Crippen LogP contribution in [0.2, 0.25) is 0 Å². The second-order valence-corrected chi connectivity index (χ2v) is 7.72. The Labute approximate surface area is 153 Å². The van der Waals surface area contributed by atoms with Crippen LogP contribution in [0.5, 0.6) is 0 Å². The lowest BCUT2D eigenvalue weighted by Gasteiger charge is -2.38. The van der Waals surface area contributed by atoms with Gasteiger partial charge in [0.15, 0.2) is 0 Å². The van der Waals surface area contributed by atoms with Gasteiger partial charge in [-0.1, -0.05) is 6.07 Å². The Balaban J connectivity index is 1.61. The van der Waals surface area contributed by atoms with Crippen molar-refractivity contribution in [3.8, 4) is 0 Å². The topological polar surface area (TPSA) is 61.7 Å². The van der Waals surface area contributed by atoms with E-state index in [0.29, 0.717) is 11.8 Å². The van der Waals surface area contributed by atoms with Crippen LogP contribution in [0.1, 0.15) is 12.0 Å². The van der Waals surface area contributed by atoms with Crippen molar-refractivity contribution in [1.29, 1.82) is 0 Å². The van der Waals surface area contributed by atoms with Crippen LogP contribution in [0.4, 0.5) is 0 Å². The van der Waals surface area contributed by atoms with Gasteiger partial charge in [-0.3, -0.25) is 4.90 Å². The molecule has 1 aromatic carbocycles. The summed E-state index contributed by atoms with van der Waals surface area (Å²) in [6, 6.07) is 6.34. The van der Waals surface area contributed by atoms with Gasteiger partial charge < -0.3 is 14.7 Å². The van der Waals surface area contributed by atoms with E-state index < -0.39 is 0 Å². The lowest BCUT2D eigenvalue weighted by atomic mass is 9.89. The maximum Gasteiger partial charge on any atom is 0.105 e. The number of hydrogen-bond acceptors (Lipinski definition) is 7. The maximum atomic E-state index is 9.70. The summed E-state index contributed by atoms with van der Waals surface area (Å²) in [6.07, 6.45) is 1.10. The molecule has 0 radical (unpaired) electrons. The van der Waals surface area contributed by atoms with Crippen molar-refractivity contribution in [2.45, 2.75) is 13.0 Å². The van der Waals surface area contributed by atoms with E-state index in [9.17, 15) is 5.11 Å². The van der Waals surface area contributed by atoms with Crippen LogP contribution in [0.3, 0.4) is 0 Å². The molecule has 6 nitrogen and oxygen atoms in total. The summed E-state index contributed by atoms with van der Waals surface area (Å²) < 4.78 is 13.8. The minimum Gasteiger partial charge on any atom is -0.396 e. The fourth-order valence-electron chi connectivity index (χ4n) is 3.78. The predicted molar refractivity (Wildman–Crippen MR) is 101 cm³/mol. The molecule has 0 spiro atoms. The van der Waals surface area contributed by atoms with E-state index in [0.717, 1.165) is 56.8 Å². The van der Waals surface area contributed by atoms with E-state index in [1.54, 1.807) is 7.11 Å². The number of aliphatic hydroxyl groups is 1. The molecule has 0 aliphatic carbocycles. The smallest absolute Gasteiger partial charge is 0.105 e. The van der Waals surface area contributed by atoms with Crippen molar-refractivity contribution in [1.82, 2.24) is 18.5 Å². The molecule has 0 unspecified atom stereocenters. The highest BCUT2D eigenvalue weighted by Crippen LogP contribution is 2.24. The van der Waals surface area contributed by atoms with Crippen molar-refractivity contribution in [2.75, 3.05) is 53.6 Å². The first-order chi connectivity index (χ1) is 12.2. The van der Waals surface area contributed by atoms with Gasteiger partial charge in [-0.2, -0.15) is 8.75 Å². The van der Waals surface area contributed by atoms with E-state index >= 15 is 0 Å². The molecular weight excluding hydrogens is 336 g/mol. The molecule has 1 N–H and O–H groups in total. The molecule has 2 heterocycles. The first kappa shape index (κ1) is 18.7. The molecule has 25 heavy (non-hydrogen) atoms. The number of aliphatic hydroxyl groups excluding tert-OH is 1. The summed E-state index contributed by atoms with van der Waals surface area (Å²) in [5.74, 6) is 0.941. The number of likely N-dealkylation sites (tertiary alicyclic amines) is 1. The summed E-state index contributed by atoms with van der Waals surface area (Å²) in [4.78, 5) is 4.80. The zero-order chi connectivity index (χ0) is 17.6. The third kappa shape index (κ3) is 5.18. The molecule has 1 saturated heterocycles. The second-order valence-electron chi connectivity index (χ2n) is 7.19. The van der Waals surface area contributed by atoms with Gasteiger partial charge in [-0.15, -0.1) is 0 Å². The Morgan fingerprint density at radius 3 is 2.88 bits per heavy atom. The standard InChI is InChI=1S/C18H28N4O2S/c1-21(5-6-24-2)9-15-7-16(13-23)12-22(11-15)10-14-3-4-17-18(8-14)20-25-19-17/h3-4,8,15-16,23H,5-7,9-13H2,1-2H3/t15-,16+/m0/s1. The molecule has 0 saturated carbocycles. The fraction of sp³-hybridized carbons (Fsp3) is 0.667. The molecule has 0 amide bonds. The van der Waals surface area contributed by atoms with Crippen molar-refractivity contribution < 1.29 is 9.84 Å². The summed E-state index contributed by atoms with van der Waals surface area (Å²) in [5.41, 5.74) is 3.22. The molecule has 3 rings (SSSR count). The molecule has 0 bridgehead atoms. The third-order valence-electron chi connectivity index (χ3n) is 4.93. The third-order valence-corrected chi connectivity index (χ3v) is 5.49. The van der Waals surface area contributed by atoms with Gasteiger partial charge in [0.1, 0.15) is 11.0 Å². The first-order valence-electron chi connectivity index (χ1n) is 8.89. The number of hydrogen-bond donors (Lipinski definition) is 1. The van der Waals surface area contributed by atoms with Crippen molar-refractivity contribution in [3.05, 3.63) is 23.8 Å². The number of aromatic nitrogens is 2. The highest BCUT2D eigenvalue weighted by atomic mass is 32.1. The summed E-state index contributed by atoms with van der Waals surface area (Å²) in [5, 5.41) is 9.70. The number of piperidine rings is 1. The maximum absolute atomic E-state index is 9.70. The van der Waals surface area contributed by atoms with Gasteiger partial charge in [0, 0.05) is 46.4 Å². The normalized spacial score (nSPS) is 22.1. The van der Waals surface area contributed by atoms with Gasteiger partial charge in [-0.25, -0.2) is 0 Å². The number of fused-ring (bicyclic) bond motifs is 1. The zero-order valence-electron chi connectivity index (χ0n) is 15.1. The average Bonchev–Trinajstić information content (AvgIpc) is 3.07. The quantitative estimate of drug-likeness (QED) is 0.769. The van der Waals surface area contributed by atoms with E-state index in [2.05, 4.69) is 43.8 Å². The van der Waals surface area contributed by atoms with E-state index in [1.807, 2.05) is 0 Å². The van der Waals surface area contributed by atoms with Gasteiger partial charge >= 0.3 is 0 Å². The van der Waals surface area contributed by atoms with Crippen LogP contribution in [-0.4, -0.2) is 77.2 Å². The number of nitrogens with zero attached hydrogens (tertiary/aromatic N) is 4. The lowest BCUT2D eigenvalue weighted by molar-refractivity contribution is 0.0615. The molecule has 1 aliphatic heterocycles. The Bertz CT molecular complexity index is 665. The minimum atomic E-state index is 0.268.